The Kier molecular flexibility index (Phi) is 4.13. The molecular weight excluding hydrogens is 180 g/mol. The Hall–Kier alpha value is -0.150. The third-order valence-electron chi connectivity index (χ3n) is 2.61. The average molecular weight is 200 g/mol. The van der Waals surface area contributed by atoms with E-state index in [1.54, 1.807) is 0 Å². The summed E-state index contributed by atoms with van der Waals surface area (Å²) in [5.74, 6) is 1.26. The Labute approximate surface area is 86.5 Å². The number of nitrogens with zero attached hydrogens (tertiary/aromatic N) is 1. The number of hydrogen-bond donors (Lipinski definition) is 1. The van der Waals surface area contributed by atoms with Gasteiger partial charge in [-0.1, -0.05) is 26.1 Å². The lowest BCUT2D eigenvalue weighted by Gasteiger charge is -2.32. The van der Waals surface area contributed by atoms with Crippen LogP contribution in [0.1, 0.15) is 26.7 Å². The normalized spacial score (nSPS) is 20.8. The van der Waals surface area contributed by atoms with Crippen LogP contribution >= 0.6 is 12.2 Å². The average Bonchev–Trinajstić information content (AvgIpc) is 2.04. The van der Waals surface area contributed by atoms with Gasteiger partial charge in [-0.2, -0.15) is 0 Å². The van der Waals surface area contributed by atoms with Gasteiger partial charge in [-0.25, -0.2) is 0 Å². The molecule has 0 unspecified atom stereocenters. The topological polar surface area (TPSA) is 29.3 Å². The van der Waals surface area contributed by atoms with E-state index in [1.165, 1.54) is 19.6 Å². The summed E-state index contributed by atoms with van der Waals surface area (Å²) in [4.78, 5) is 3.23. The highest BCUT2D eigenvalue weighted by atomic mass is 32.1. The molecule has 1 saturated heterocycles. The Morgan fingerprint density at radius 1 is 1.46 bits per heavy atom. The number of piperidine rings is 1. The van der Waals surface area contributed by atoms with Gasteiger partial charge in [-0.3, -0.25) is 0 Å². The molecule has 0 aromatic heterocycles. The van der Waals surface area contributed by atoms with Crippen molar-refractivity contribution in [1.29, 1.82) is 0 Å². The van der Waals surface area contributed by atoms with E-state index in [9.17, 15) is 0 Å². The molecule has 0 atom stereocenters. The predicted molar refractivity (Wildman–Crippen MR) is 60.8 cm³/mol. The van der Waals surface area contributed by atoms with E-state index in [4.69, 9.17) is 18.0 Å². The Balaban J connectivity index is 2.26. The van der Waals surface area contributed by atoms with Crippen molar-refractivity contribution >= 4 is 17.2 Å². The molecule has 3 heteroatoms. The molecule has 1 aliphatic rings. The quantitative estimate of drug-likeness (QED) is 0.702. The van der Waals surface area contributed by atoms with E-state index in [0.29, 0.717) is 10.9 Å². The fourth-order valence-corrected chi connectivity index (χ4v) is 2.15. The van der Waals surface area contributed by atoms with Crippen molar-refractivity contribution < 1.29 is 0 Å². The van der Waals surface area contributed by atoms with Crippen LogP contribution in [0.3, 0.4) is 0 Å². The molecule has 0 bridgehead atoms. The van der Waals surface area contributed by atoms with E-state index in [2.05, 4.69) is 18.7 Å². The smallest absolute Gasteiger partial charge is 0.0759 e. The van der Waals surface area contributed by atoms with Crippen LogP contribution in [0.4, 0.5) is 0 Å². The van der Waals surface area contributed by atoms with Gasteiger partial charge in [0, 0.05) is 12.5 Å². The summed E-state index contributed by atoms with van der Waals surface area (Å²) in [6, 6.07) is 0. The number of likely N-dealkylation sites (tertiary alicyclic amines) is 1. The van der Waals surface area contributed by atoms with Gasteiger partial charge in [0.25, 0.3) is 0 Å². The first-order chi connectivity index (χ1) is 6.09. The molecule has 0 spiro atoms. The van der Waals surface area contributed by atoms with Crippen LogP contribution in [0.25, 0.3) is 0 Å². The highest BCUT2D eigenvalue weighted by Crippen LogP contribution is 2.17. The Bertz CT molecular complexity index is 172. The van der Waals surface area contributed by atoms with Crippen LogP contribution < -0.4 is 5.73 Å². The second-order valence-electron chi connectivity index (χ2n) is 4.37. The second-order valence-corrected chi connectivity index (χ2v) is 4.84. The number of hydrogen-bond acceptors (Lipinski definition) is 2. The van der Waals surface area contributed by atoms with Crippen molar-refractivity contribution in [1.82, 2.24) is 4.90 Å². The molecule has 1 fully saturated rings. The van der Waals surface area contributed by atoms with Crippen LogP contribution in [0.2, 0.25) is 0 Å². The highest BCUT2D eigenvalue weighted by Gasteiger charge is 2.20. The standard InChI is InChI=1S/C10H20N2S/c1-8(2)7-12-5-3-9(4-6-12)10(11)13/h8-9H,3-7H2,1-2H3,(H2,11,13). The van der Waals surface area contributed by atoms with Gasteiger partial charge in [-0.15, -0.1) is 0 Å². The Morgan fingerprint density at radius 3 is 2.38 bits per heavy atom. The summed E-state index contributed by atoms with van der Waals surface area (Å²) in [6.45, 7) is 8.07. The lowest BCUT2D eigenvalue weighted by molar-refractivity contribution is 0.190. The third kappa shape index (κ3) is 3.61. The van der Waals surface area contributed by atoms with Crippen LogP contribution in [-0.4, -0.2) is 29.5 Å². The van der Waals surface area contributed by atoms with Crippen molar-refractivity contribution in [3.05, 3.63) is 0 Å². The minimum atomic E-state index is 0.499. The van der Waals surface area contributed by atoms with Gasteiger partial charge in [-0.05, 0) is 31.8 Å². The molecule has 2 nitrogen and oxygen atoms in total. The first-order valence-electron chi connectivity index (χ1n) is 5.11. The highest BCUT2D eigenvalue weighted by molar-refractivity contribution is 7.80. The zero-order valence-electron chi connectivity index (χ0n) is 8.62. The van der Waals surface area contributed by atoms with Gasteiger partial charge < -0.3 is 10.6 Å². The van der Waals surface area contributed by atoms with E-state index in [0.717, 1.165) is 18.8 Å². The number of nitrogens with two attached hydrogens (primary N) is 1. The maximum absolute atomic E-state index is 5.63. The third-order valence-corrected chi connectivity index (χ3v) is 2.95. The monoisotopic (exact) mass is 200 g/mol. The zero-order chi connectivity index (χ0) is 9.84. The molecule has 0 saturated carbocycles. The van der Waals surface area contributed by atoms with Gasteiger partial charge >= 0.3 is 0 Å². The maximum Gasteiger partial charge on any atom is 0.0759 e. The van der Waals surface area contributed by atoms with Crippen molar-refractivity contribution in [2.45, 2.75) is 26.7 Å². The minimum Gasteiger partial charge on any atom is -0.393 e. The maximum atomic E-state index is 5.63. The molecule has 0 aromatic rings. The van der Waals surface area contributed by atoms with Crippen LogP contribution in [0, 0.1) is 11.8 Å². The van der Waals surface area contributed by atoms with Crippen LogP contribution in [0.15, 0.2) is 0 Å². The first-order valence-corrected chi connectivity index (χ1v) is 5.52. The van der Waals surface area contributed by atoms with E-state index >= 15 is 0 Å². The molecule has 1 aliphatic heterocycles. The summed E-state index contributed by atoms with van der Waals surface area (Å²) in [5.41, 5.74) is 5.63. The molecule has 2 N–H and O–H groups in total. The Morgan fingerprint density at radius 2 is 2.00 bits per heavy atom. The summed E-state index contributed by atoms with van der Waals surface area (Å²) < 4.78 is 0. The number of thiocarbonyl (C=S) groups is 1. The summed E-state index contributed by atoms with van der Waals surface area (Å²) in [7, 11) is 0. The summed E-state index contributed by atoms with van der Waals surface area (Å²) in [5, 5.41) is 0. The van der Waals surface area contributed by atoms with E-state index in [1.807, 2.05) is 0 Å². The minimum absolute atomic E-state index is 0.499. The van der Waals surface area contributed by atoms with Gasteiger partial charge in [0.2, 0.25) is 0 Å². The molecule has 13 heavy (non-hydrogen) atoms. The second kappa shape index (κ2) is 4.91. The summed E-state index contributed by atoms with van der Waals surface area (Å²) >= 11 is 5.00. The van der Waals surface area contributed by atoms with Crippen molar-refractivity contribution in [2.75, 3.05) is 19.6 Å². The SMILES string of the molecule is CC(C)CN1CCC(C(N)=S)CC1. The van der Waals surface area contributed by atoms with Crippen molar-refractivity contribution in [2.24, 2.45) is 17.6 Å². The van der Waals surface area contributed by atoms with Gasteiger partial charge in [0.1, 0.15) is 0 Å². The van der Waals surface area contributed by atoms with Gasteiger partial charge in [0.15, 0.2) is 0 Å². The molecule has 0 radical (unpaired) electrons. The van der Waals surface area contributed by atoms with E-state index in [-0.39, 0.29) is 0 Å². The predicted octanol–water partition coefficient (Wildman–Crippen LogP) is 1.64. The number of rotatable bonds is 3. The van der Waals surface area contributed by atoms with Crippen LogP contribution in [-0.2, 0) is 0 Å². The molecule has 0 amide bonds. The largest absolute Gasteiger partial charge is 0.393 e. The molecular formula is C10H20N2S. The molecule has 1 rings (SSSR count). The fraction of sp³-hybridized carbons (Fsp3) is 0.900. The fourth-order valence-electron chi connectivity index (χ4n) is 1.92. The zero-order valence-corrected chi connectivity index (χ0v) is 9.44. The molecule has 0 aromatic carbocycles. The molecule has 76 valence electrons. The van der Waals surface area contributed by atoms with Crippen LogP contribution in [0.5, 0.6) is 0 Å². The molecule has 1 heterocycles. The van der Waals surface area contributed by atoms with Crippen molar-refractivity contribution in [3.8, 4) is 0 Å². The summed E-state index contributed by atoms with van der Waals surface area (Å²) in [6.07, 6.45) is 2.31. The lowest BCUT2D eigenvalue weighted by Crippen LogP contribution is -2.39. The van der Waals surface area contributed by atoms with E-state index < -0.39 is 0 Å². The molecule has 0 aliphatic carbocycles. The van der Waals surface area contributed by atoms with Gasteiger partial charge in [0.05, 0.1) is 4.99 Å². The lowest BCUT2D eigenvalue weighted by atomic mass is 9.96. The first kappa shape index (κ1) is 10.9. The van der Waals surface area contributed by atoms with Crippen molar-refractivity contribution in [3.63, 3.8) is 0 Å².